The lowest BCUT2D eigenvalue weighted by Gasteiger charge is -2.38. The molecule has 17 atom stereocenters. The van der Waals surface area contributed by atoms with E-state index in [1.54, 1.807) is 6.26 Å². The van der Waals surface area contributed by atoms with E-state index in [1.165, 1.54) is 89.9 Å². The SMILES string of the molecule is C=COC1CCCC2C3NC4NC(NC5NC(NC6NC(NC(N3)C12)C1CCCCC61)C1CCCCC51)C1CCCCC41.[AlH3]. The molecule has 4 aliphatic carbocycles. The maximum Gasteiger partial charge on any atom is 0.187 e. The zero-order valence-electron chi connectivity index (χ0n) is 26.1. The van der Waals surface area contributed by atoms with E-state index in [4.69, 9.17) is 4.74 Å². The van der Waals surface area contributed by atoms with Gasteiger partial charge in [-0.15, -0.1) is 0 Å². The molecule has 5 aliphatic heterocycles. The second kappa shape index (κ2) is 13.0. The number of hydrogen-bond donors (Lipinski definition) is 8. The highest BCUT2D eigenvalue weighted by Gasteiger charge is 2.55. The molecule has 5 saturated heterocycles. The summed E-state index contributed by atoms with van der Waals surface area (Å²) in [6.45, 7) is 3.98. The van der Waals surface area contributed by atoms with E-state index in [9.17, 15) is 0 Å². The molecule has 0 aromatic heterocycles. The molecule has 0 aromatic rings. The van der Waals surface area contributed by atoms with Crippen molar-refractivity contribution >= 4 is 17.4 Å². The summed E-state index contributed by atoms with van der Waals surface area (Å²) in [4.78, 5) is 0. The van der Waals surface area contributed by atoms with Gasteiger partial charge in [-0.25, -0.2) is 0 Å². The first-order chi connectivity index (χ1) is 21.2. The predicted molar refractivity (Wildman–Crippen MR) is 178 cm³/mol. The molecule has 0 aromatic carbocycles. The van der Waals surface area contributed by atoms with Gasteiger partial charge in [-0.05, 0) is 99.2 Å². The topological polar surface area (TPSA) is 105 Å². The van der Waals surface area contributed by atoms with Gasteiger partial charge in [0, 0.05) is 5.92 Å². The van der Waals surface area contributed by atoms with Crippen LogP contribution in [0.5, 0.6) is 0 Å². The van der Waals surface area contributed by atoms with Crippen LogP contribution in [0.1, 0.15) is 96.3 Å². The summed E-state index contributed by atoms with van der Waals surface area (Å²) < 4.78 is 6.28. The molecule has 8 N–H and O–H groups in total. The van der Waals surface area contributed by atoms with Gasteiger partial charge in [0.25, 0.3) is 0 Å². The Labute approximate surface area is 275 Å². The first kappa shape index (κ1) is 31.0. The molecule has 9 nitrogen and oxygen atoms in total. The summed E-state index contributed by atoms with van der Waals surface area (Å²) in [5.41, 5.74) is 0. The van der Waals surface area contributed by atoms with E-state index in [0.29, 0.717) is 84.6 Å². The van der Waals surface area contributed by atoms with Gasteiger partial charge in [-0.1, -0.05) is 45.1 Å². The van der Waals surface area contributed by atoms with Crippen LogP contribution in [0.2, 0.25) is 0 Å². The summed E-state index contributed by atoms with van der Waals surface area (Å²) in [5.74, 6) is 5.19. The maximum atomic E-state index is 6.28. The summed E-state index contributed by atoms with van der Waals surface area (Å²) in [7, 11) is 0. The van der Waals surface area contributed by atoms with Crippen LogP contribution in [0.4, 0.5) is 0 Å². The molecule has 9 aliphatic rings. The first-order valence-corrected chi connectivity index (χ1v) is 18.6. The summed E-state index contributed by atoms with van der Waals surface area (Å²) >= 11 is 0. The Morgan fingerprint density at radius 1 is 0.386 bits per heavy atom. The van der Waals surface area contributed by atoms with Gasteiger partial charge < -0.3 is 4.74 Å². The van der Waals surface area contributed by atoms with Gasteiger partial charge in [0.15, 0.2) is 17.4 Å². The Morgan fingerprint density at radius 3 is 1.02 bits per heavy atom. The zero-order chi connectivity index (χ0) is 28.5. The minimum Gasteiger partial charge on any atom is -0.498 e. The summed E-state index contributed by atoms with van der Waals surface area (Å²) in [6, 6.07) is 0. The third-order valence-electron chi connectivity index (χ3n) is 14.1. The van der Waals surface area contributed by atoms with Crippen LogP contribution in [0.3, 0.4) is 0 Å². The number of ether oxygens (including phenoxy) is 1. The lowest BCUT2D eigenvalue weighted by atomic mass is 9.75. The first-order valence-electron chi connectivity index (χ1n) is 18.6. The number of nitrogens with one attached hydrogen (secondary N) is 8. The molecule has 0 radical (unpaired) electrons. The molecular weight excluding hydrogens is 563 g/mol. The van der Waals surface area contributed by atoms with Crippen LogP contribution < -0.4 is 42.5 Å². The molecule has 17 unspecified atom stereocenters. The van der Waals surface area contributed by atoms with Gasteiger partial charge in [-0.3, -0.25) is 42.5 Å². The molecule has 10 heteroatoms. The maximum absolute atomic E-state index is 6.28. The fourth-order valence-corrected chi connectivity index (χ4v) is 12.3. The number of fused-ring (bicyclic) bond motifs is 20. The van der Waals surface area contributed by atoms with Gasteiger partial charge >= 0.3 is 0 Å². The van der Waals surface area contributed by atoms with Crippen molar-refractivity contribution in [2.45, 2.75) is 152 Å². The molecule has 246 valence electrons. The van der Waals surface area contributed by atoms with Crippen molar-refractivity contribution in [1.82, 2.24) is 42.5 Å². The summed E-state index contributed by atoms with van der Waals surface area (Å²) in [6.07, 6.45) is 24.5. The van der Waals surface area contributed by atoms with Crippen molar-refractivity contribution in [3.8, 4) is 0 Å². The van der Waals surface area contributed by atoms with Crippen molar-refractivity contribution < 1.29 is 4.74 Å². The second-order valence-electron chi connectivity index (χ2n) is 16.0. The van der Waals surface area contributed by atoms with Crippen molar-refractivity contribution in [1.29, 1.82) is 0 Å². The number of rotatable bonds is 2. The molecule has 4 saturated carbocycles. The molecule has 9 rings (SSSR count). The monoisotopic (exact) mass is 624 g/mol. The van der Waals surface area contributed by atoms with Crippen LogP contribution in [0, 0.1) is 47.3 Å². The standard InChI is InChI=1S/C34H58N8O.Al.3H/c1-2-43-25-17-9-16-24-26(25)34-41-32-23-15-8-7-14-22(23)30(39-32)37-28-19-11-4-3-10-18(19)27(35-28)36-29-20-12-5-6-13-21(20)31(38-29)40-33(24)42-34;;;;/h2,18-42H,1,3-17H2;;;;. The van der Waals surface area contributed by atoms with Crippen molar-refractivity contribution in [3.05, 3.63) is 12.8 Å². The van der Waals surface area contributed by atoms with E-state index in [1.807, 2.05) is 0 Å². The Balaban J connectivity index is 0.00000289. The Morgan fingerprint density at radius 2 is 0.682 bits per heavy atom. The van der Waals surface area contributed by atoms with E-state index in [-0.39, 0.29) is 29.6 Å². The largest absolute Gasteiger partial charge is 0.498 e. The van der Waals surface area contributed by atoms with E-state index < -0.39 is 0 Å². The fourth-order valence-electron chi connectivity index (χ4n) is 12.3. The smallest absolute Gasteiger partial charge is 0.187 e. The van der Waals surface area contributed by atoms with Crippen LogP contribution >= 0.6 is 0 Å². The molecule has 5 heterocycles. The normalized spacial score (nSPS) is 54.7. The minimum absolute atomic E-state index is 0. The number of hydrogen-bond acceptors (Lipinski definition) is 9. The lowest BCUT2D eigenvalue weighted by Crippen LogP contribution is -2.62. The van der Waals surface area contributed by atoms with E-state index in [2.05, 4.69) is 49.1 Å². The van der Waals surface area contributed by atoms with Gasteiger partial charge in [0.2, 0.25) is 0 Å². The van der Waals surface area contributed by atoms with Crippen LogP contribution in [-0.4, -0.2) is 72.8 Å². The molecule has 9 fully saturated rings. The summed E-state index contributed by atoms with van der Waals surface area (Å²) in [5, 5.41) is 33.7. The molecule has 0 spiro atoms. The average molecular weight is 625 g/mol. The fraction of sp³-hybridized carbons (Fsp3) is 0.941. The lowest BCUT2D eigenvalue weighted by molar-refractivity contribution is 0.0128. The Bertz CT molecular complexity index is 1020. The average Bonchev–Trinajstić information content (AvgIpc) is 3.77. The van der Waals surface area contributed by atoms with Crippen molar-refractivity contribution in [2.75, 3.05) is 0 Å². The molecule has 0 amide bonds. The Kier molecular flexibility index (Phi) is 9.16. The van der Waals surface area contributed by atoms with E-state index in [0.717, 1.165) is 12.3 Å². The second-order valence-corrected chi connectivity index (χ2v) is 16.0. The Hall–Kier alpha value is -0.248. The zero-order valence-corrected chi connectivity index (χ0v) is 26.1. The van der Waals surface area contributed by atoms with Crippen LogP contribution in [0.15, 0.2) is 12.8 Å². The van der Waals surface area contributed by atoms with Crippen LogP contribution in [0.25, 0.3) is 0 Å². The highest BCUT2D eigenvalue weighted by molar-refractivity contribution is 5.75. The molecule has 44 heavy (non-hydrogen) atoms. The van der Waals surface area contributed by atoms with Gasteiger partial charge in [-0.2, -0.15) is 0 Å². The van der Waals surface area contributed by atoms with E-state index >= 15 is 0 Å². The van der Waals surface area contributed by atoms with Gasteiger partial charge in [0.1, 0.15) is 6.10 Å². The van der Waals surface area contributed by atoms with Crippen molar-refractivity contribution in [3.63, 3.8) is 0 Å². The third-order valence-corrected chi connectivity index (χ3v) is 14.1. The predicted octanol–water partition coefficient (Wildman–Crippen LogP) is 1.56. The third kappa shape index (κ3) is 5.36. The van der Waals surface area contributed by atoms with Crippen LogP contribution in [-0.2, 0) is 4.74 Å². The highest BCUT2D eigenvalue weighted by atomic mass is 27.0. The highest BCUT2D eigenvalue weighted by Crippen LogP contribution is 2.46. The molecular formula is C34H61AlN8O. The molecule has 8 bridgehead atoms. The minimum atomic E-state index is 0. The van der Waals surface area contributed by atoms with Gasteiger partial charge in [0.05, 0.1) is 55.6 Å². The van der Waals surface area contributed by atoms with Crippen molar-refractivity contribution in [2.24, 2.45) is 47.3 Å². The quantitative estimate of drug-likeness (QED) is 0.172.